The minimum atomic E-state index is -0.102. The van der Waals surface area contributed by atoms with Crippen molar-refractivity contribution < 1.29 is 9.53 Å². The lowest BCUT2D eigenvalue weighted by Gasteiger charge is -2.17. The number of carbonyl (C=O) groups is 1. The Morgan fingerprint density at radius 3 is 2.81 bits per heavy atom. The second-order valence-corrected chi connectivity index (χ2v) is 6.78. The smallest absolute Gasteiger partial charge is 0.270 e. The fourth-order valence-corrected chi connectivity index (χ4v) is 3.36. The molecule has 2 aromatic heterocycles. The standard InChI is InChI=1S/C20H21N3O3/c1-13-9-16(11-19(24)22(13)2)26-15-7-8-23(12-15)20(25)18-10-14-5-3-4-6-17(14)21-18/h3-6,9-11,15,21H,7-8,12H2,1-2H3. The van der Waals surface area contributed by atoms with Crippen molar-refractivity contribution in [1.29, 1.82) is 0 Å². The lowest BCUT2D eigenvalue weighted by Crippen LogP contribution is -2.31. The van der Waals surface area contributed by atoms with E-state index in [-0.39, 0.29) is 17.6 Å². The first-order valence-corrected chi connectivity index (χ1v) is 8.72. The molecule has 1 aliphatic rings. The van der Waals surface area contributed by atoms with Crippen molar-refractivity contribution in [2.24, 2.45) is 7.05 Å². The maximum Gasteiger partial charge on any atom is 0.270 e. The van der Waals surface area contributed by atoms with Gasteiger partial charge in [-0.2, -0.15) is 0 Å². The molecule has 0 bridgehead atoms. The van der Waals surface area contributed by atoms with E-state index in [9.17, 15) is 9.59 Å². The summed E-state index contributed by atoms with van der Waals surface area (Å²) in [5, 5.41) is 1.03. The van der Waals surface area contributed by atoms with E-state index >= 15 is 0 Å². The Hall–Kier alpha value is -3.02. The van der Waals surface area contributed by atoms with Crippen LogP contribution in [0.25, 0.3) is 10.9 Å². The summed E-state index contributed by atoms with van der Waals surface area (Å²) in [6, 6.07) is 13.1. The van der Waals surface area contributed by atoms with Crippen molar-refractivity contribution in [2.75, 3.05) is 13.1 Å². The number of carbonyl (C=O) groups excluding carboxylic acids is 1. The minimum Gasteiger partial charge on any atom is -0.488 e. The second kappa shape index (κ2) is 6.37. The van der Waals surface area contributed by atoms with Crippen LogP contribution in [0.3, 0.4) is 0 Å². The predicted molar refractivity (Wildman–Crippen MR) is 99.7 cm³/mol. The Kier molecular flexibility index (Phi) is 4.03. The average Bonchev–Trinajstić information content (AvgIpc) is 3.25. The number of pyridine rings is 1. The molecular formula is C20H21N3O3. The van der Waals surface area contributed by atoms with Gasteiger partial charge in [0.25, 0.3) is 11.5 Å². The van der Waals surface area contributed by atoms with E-state index in [4.69, 9.17) is 4.74 Å². The highest BCUT2D eigenvalue weighted by Gasteiger charge is 2.29. The molecule has 1 saturated heterocycles. The average molecular weight is 351 g/mol. The summed E-state index contributed by atoms with van der Waals surface area (Å²) >= 11 is 0. The molecule has 0 radical (unpaired) electrons. The van der Waals surface area contributed by atoms with Crippen molar-refractivity contribution in [3.63, 3.8) is 0 Å². The molecule has 1 aliphatic heterocycles. The van der Waals surface area contributed by atoms with Crippen LogP contribution in [0.5, 0.6) is 5.75 Å². The third-order valence-corrected chi connectivity index (χ3v) is 4.97. The molecule has 1 atom stereocenters. The van der Waals surface area contributed by atoms with Gasteiger partial charge in [0.1, 0.15) is 17.5 Å². The van der Waals surface area contributed by atoms with E-state index in [1.807, 2.05) is 43.3 Å². The van der Waals surface area contributed by atoms with E-state index in [2.05, 4.69) is 4.98 Å². The molecule has 3 heterocycles. The Bertz CT molecular complexity index is 1000. The van der Waals surface area contributed by atoms with E-state index in [0.29, 0.717) is 24.5 Å². The Morgan fingerprint density at radius 2 is 2.04 bits per heavy atom. The van der Waals surface area contributed by atoms with Crippen LogP contribution in [0.1, 0.15) is 22.6 Å². The first-order chi connectivity index (χ1) is 12.5. The molecule has 134 valence electrons. The molecule has 1 N–H and O–H groups in total. The first-order valence-electron chi connectivity index (χ1n) is 8.72. The number of hydrogen-bond acceptors (Lipinski definition) is 3. The maximum absolute atomic E-state index is 12.8. The van der Waals surface area contributed by atoms with Crippen molar-refractivity contribution in [3.8, 4) is 5.75 Å². The first kappa shape index (κ1) is 16.4. The molecule has 0 spiro atoms. The van der Waals surface area contributed by atoms with Crippen LogP contribution in [-0.4, -0.2) is 39.6 Å². The second-order valence-electron chi connectivity index (χ2n) is 6.78. The minimum absolute atomic E-state index is 0.0209. The van der Waals surface area contributed by atoms with Gasteiger partial charge < -0.3 is 19.2 Å². The Balaban J connectivity index is 1.46. The molecule has 26 heavy (non-hydrogen) atoms. The number of para-hydroxylation sites is 1. The fourth-order valence-electron chi connectivity index (χ4n) is 3.36. The van der Waals surface area contributed by atoms with Gasteiger partial charge in [-0.1, -0.05) is 18.2 Å². The molecule has 6 heteroatoms. The molecule has 1 unspecified atom stereocenters. The number of nitrogens with one attached hydrogen (secondary N) is 1. The monoisotopic (exact) mass is 351 g/mol. The number of ether oxygens (including phenoxy) is 1. The van der Waals surface area contributed by atoms with Crippen molar-refractivity contribution >= 4 is 16.8 Å². The van der Waals surface area contributed by atoms with Crippen LogP contribution in [0.4, 0.5) is 0 Å². The molecule has 1 amide bonds. The van der Waals surface area contributed by atoms with E-state index in [0.717, 1.165) is 23.0 Å². The van der Waals surface area contributed by atoms with Gasteiger partial charge in [0.05, 0.1) is 6.54 Å². The Labute approximate surface area is 151 Å². The van der Waals surface area contributed by atoms with Crippen LogP contribution in [-0.2, 0) is 7.05 Å². The zero-order valence-electron chi connectivity index (χ0n) is 14.9. The highest BCUT2D eigenvalue weighted by Crippen LogP contribution is 2.21. The van der Waals surface area contributed by atoms with Crippen LogP contribution < -0.4 is 10.3 Å². The van der Waals surface area contributed by atoms with Crippen molar-refractivity contribution in [2.45, 2.75) is 19.4 Å². The highest BCUT2D eigenvalue weighted by atomic mass is 16.5. The molecule has 3 aromatic rings. The number of amides is 1. The van der Waals surface area contributed by atoms with Crippen LogP contribution in [0.2, 0.25) is 0 Å². The molecule has 1 fully saturated rings. The number of rotatable bonds is 3. The number of fused-ring (bicyclic) bond motifs is 1. The van der Waals surface area contributed by atoms with Gasteiger partial charge >= 0.3 is 0 Å². The quantitative estimate of drug-likeness (QED) is 0.788. The molecular weight excluding hydrogens is 330 g/mol. The number of benzene rings is 1. The van der Waals surface area contributed by atoms with Crippen molar-refractivity contribution in [1.82, 2.24) is 14.5 Å². The Morgan fingerprint density at radius 1 is 1.23 bits per heavy atom. The summed E-state index contributed by atoms with van der Waals surface area (Å²) in [4.78, 5) is 29.6. The summed E-state index contributed by atoms with van der Waals surface area (Å²) in [7, 11) is 1.73. The normalized spacial score (nSPS) is 17.0. The van der Waals surface area contributed by atoms with E-state index in [1.165, 1.54) is 6.07 Å². The number of H-pyrrole nitrogens is 1. The number of nitrogens with zero attached hydrogens (tertiary/aromatic N) is 2. The summed E-state index contributed by atoms with van der Waals surface area (Å²) in [5.41, 5.74) is 2.30. The van der Waals surface area contributed by atoms with Gasteiger partial charge in [-0.3, -0.25) is 9.59 Å². The third-order valence-electron chi connectivity index (χ3n) is 4.97. The zero-order valence-corrected chi connectivity index (χ0v) is 14.9. The summed E-state index contributed by atoms with van der Waals surface area (Å²) < 4.78 is 7.53. The SMILES string of the molecule is Cc1cc(OC2CCN(C(=O)c3cc4ccccc4[nH]3)C2)cc(=O)n1C. The molecule has 4 rings (SSSR count). The van der Waals surface area contributed by atoms with Crippen LogP contribution in [0.15, 0.2) is 47.3 Å². The molecule has 1 aromatic carbocycles. The summed E-state index contributed by atoms with van der Waals surface area (Å²) in [5.74, 6) is 0.544. The van der Waals surface area contributed by atoms with Gasteiger partial charge in [0.2, 0.25) is 0 Å². The zero-order chi connectivity index (χ0) is 18.3. The van der Waals surface area contributed by atoms with E-state index < -0.39 is 0 Å². The molecule has 0 aliphatic carbocycles. The number of aryl methyl sites for hydroxylation is 1. The maximum atomic E-state index is 12.8. The number of aromatic amines is 1. The molecule has 6 nitrogen and oxygen atoms in total. The molecule has 0 saturated carbocycles. The van der Waals surface area contributed by atoms with Gasteiger partial charge in [0.15, 0.2) is 0 Å². The largest absolute Gasteiger partial charge is 0.488 e. The number of hydrogen-bond donors (Lipinski definition) is 1. The van der Waals surface area contributed by atoms with Crippen LogP contribution >= 0.6 is 0 Å². The third kappa shape index (κ3) is 2.98. The topological polar surface area (TPSA) is 67.3 Å². The van der Waals surface area contributed by atoms with Gasteiger partial charge in [-0.25, -0.2) is 0 Å². The highest BCUT2D eigenvalue weighted by molar-refractivity contribution is 5.98. The lowest BCUT2D eigenvalue weighted by molar-refractivity contribution is 0.0767. The van der Waals surface area contributed by atoms with Gasteiger partial charge in [-0.15, -0.1) is 0 Å². The number of aromatic nitrogens is 2. The predicted octanol–water partition coefficient (Wildman–Crippen LogP) is 2.47. The van der Waals surface area contributed by atoms with Crippen LogP contribution in [0, 0.1) is 6.92 Å². The number of likely N-dealkylation sites (tertiary alicyclic amines) is 1. The lowest BCUT2D eigenvalue weighted by atomic mass is 10.2. The van der Waals surface area contributed by atoms with Gasteiger partial charge in [-0.05, 0) is 25.1 Å². The van der Waals surface area contributed by atoms with Gasteiger partial charge in [0, 0.05) is 42.7 Å². The van der Waals surface area contributed by atoms with Crippen molar-refractivity contribution in [3.05, 3.63) is 64.2 Å². The fraction of sp³-hybridized carbons (Fsp3) is 0.300. The van der Waals surface area contributed by atoms with E-state index in [1.54, 1.807) is 16.5 Å². The summed E-state index contributed by atoms with van der Waals surface area (Å²) in [6.07, 6.45) is 0.648. The summed E-state index contributed by atoms with van der Waals surface area (Å²) in [6.45, 7) is 3.03.